The highest BCUT2D eigenvalue weighted by Crippen LogP contribution is 2.11. The average molecular weight is 165 g/mol. The van der Waals surface area contributed by atoms with Crippen molar-refractivity contribution in [3.63, 3.8) is 0 Å². The summed E-state index contributed by atoms with van der Waals surface area (Å²) in [5, 5.41) is 0.779. The molecule has 1 unspecified atom stereocenters. The predicted molar refractivity (Wildman–Crippen MR) is 49.4 cm³/mol. The van der Waals surface area contributed by atoms with Crippen molar-refractivity contribution in [3.05, 3.63) is 0 Å². The minimum Gasteiger partial charge on any atom is -0.330 e. The van der Waals surface area contributed by atoms with Crippen LogP contribution >= 0.6 is 23.5 Å². The normalized spacial score (nSPS) is 13.7. The van der Waals surface area contributed by atoms with Gasteiger partial charge in [-0.25, -0.2) is 0 Å². The molecule has 0 saturated carbocycles. The standard InChI is InChI=1S/C6H15NS2/c1-6(8-2)5-9-4-3-7/h6H,3-5,7H2,1-2H3. The minimum absolute atomic E-state index is 0.779. The molecule has 0 heterocycles. The molecule has 0 saturated heterocycles. The average Bonchev–Trinajstić information content (AvgIpc) is 1.89. The van der Waals surface area contributed by atoms with E-state index in [1.807, 2.05) is 23.5 Å². The number of hydrogen-bond donors (Lipinski definition) is 1. The topological polar surface area (TPSA) is 26.0 Å². The molecule has 9 heavy (non-hydrogen) atoms. The summed E-state index contributed by atoms with van der Waals surface area (Å²) in [5.41, 5.74) is 5.33. The van der Waals surface area contributed by atoms with Gasteiger partial charge in [0.05, 0.1) is 0 Å². The lowest BCUT2D eigenvalue weighted by atomic mass is 10.6. The third kappa shape index (κ3) is 6.55. The van der Waals surface area contributed by atoms with Gasteiger partial charge in [-0.05, 0) is 6.26 Å². The van der Waals surface area contributed by atoms with Crippen molar-refractivity contribution in [2.45, 2.75) is 12.2 Å². The van der Waals surface area contributed by atoms with E-state index in [-0.39, 0.29) is 0 Å². The Morgan fingerprint density at radius 3 is 2.67 bits per heavy atom. The first-order valence-corrected chi connectivity index (χ1v) is 5.56. The van der Waals surface area contributed by atoms with Crippen LogP contribution in [0.2, 0.25) is 0 Å². The van der Waals surface area contributed by atoms with Gasteiger partial charge in [0.25, 0.3) is 0 Å². The molecular weight excluding hydrogens is 150 g/mol. The van der Waals surface area contributed by atoms with Gasteiger partial charge < -0.3 is 5.73 Å². The van der Waals surface area contributed by atoms with Crippen LogP contribution in [0.5, 0.6) is 0 Å². The van der Waals surface area contributed by atoms with Crippen LogP contribution in [-0.4, -0.2) is 29.6 Å². The van der Waals surface area contributed by atoms with E-state index in [9.17, 15) is 0 Å². The quantitative estimate of drug-likeness (QED) is 0.624. The van der Waals surface area contributed by atoms with Crippen molar-refractivity contribution in [2.75, 3.05) is 24.3 Å². The second-order valence-corrected chi connectivity index (χ2v) is 4.34. The van der Waals surface area contributed by atoms with Crippen molar-refractivity contribution in [1.29, 1.82) is 0 Å². The molecule has 0 aliphatic rings. The fourth-order valence-corrected chi connectivity index (χ4v) is 1.90. The summed E-state index contributed by atoms with van der Waals surface area (Å²) in [6.07, 6.45) is 2.15. The van der Waals surface area contributed by atoms with Gasteiger partial charge in [0, 0.05) is 23.3 Å². The van der Waals surface area contributed by atoms with E-state index in [0.29, 0.717) is 0 Å². The van der Waals surface area contributed by atoms with Crippen LogP contribution in [0.15, 0.2) is 0 Å². The smallest absolute Gasteiger partial charge is 0.0107 e. The Labute approximate surface area is 66.2 Å². The molecule has 3 heteroatoms. The summed E-state index contributed by atoms with van der Waals surface area (Å²) in [4.78, 5) is 0. The van der Waals surface area contributed by atoms with Crippen molar-refractivity contribution in [3.8, 4) is 0 Å². The third-order valence-electron chi connectivity index (χ3n) is 1.02. The molecule has 0 bridgehead atoms. The second-order valence-electron chi connectivity index (χ2n) is 1.91. The highest BCUT2D eigenvalue weighted by molar-refractivity contribution is 8.03. The van der Waals surface area contributed by atoms with Crippen LogP contribution in [0.3, 0.4) is 0 Å². The summed E-state index contributed by atoms with van der Waals surface area (Å²) in [5.74, 6) is 2.34. The number of rotatable bonds is 5. The van der Waals surface area contributed by atoms with Crippen molar-refractivity contribution in [2.24, 2.45) is 5.73 Å². The van der Waals surface area contributed by atoms with Gasteiger partial charge in [-0.15, -0.1) is 0 Å². The van der Waals surface area contributed by atoms with Crippen LogP contribution in [-0.2, 0) is 0 Å². The lowest BCUT2D eigenvalue weighted by Gasteiger charge is -2.05. The molecule has 1 nitrogen and oxygen atoms in total. The van der Waals surface area contributed by atoms with Crippen LogP contribution in [0.1, 0.15) is 6.92 Å². The van der Waals surface area contributed by atoms with Crippen molar-refractivity contribution in [1.82, 2.24) is 0 Å². The monoisotopic (exact) mass is 165 g/mol. The summed E-state index contributed by atoms with van der Waals surface area (Å²) >= 11 is 3.85. The molecule has 2 N–H and O–H groups in total. The SMILES string of the molecule is CSC(C)CSCCN. The Morgan fingerprint density at radius 2 is 2.22 bits per heavy atom. The first kappa shape index (κ1) is 9.66. The highest BCUT2D eigenvalue weighted by atomic mass is 32.2. The first-order chi connectivity index (χ1) is 4.31. The molecule has 0 aromatic heterocycles. The Morgan fingerprint density at radius 1 is 1.56 bits per heavy atom. The molecule has 0 aromatic carbocycles. The fraction of sp³-hybridized carbons (Fsp3) is 1.00. The van der Waals surface area contributed by atoms with E-state index in [0.717, 1.165) is 17.5 Å². The van der Waals surface area contributed by atoms with Gasteiger partial charge in [0.15, 0.2) is 0 Å². The lowest BCUT2D eigenvalue weighted by Crippen LogP contribution is -2.05. The number of nitrogens with two attached hydrogens (primary N) is 1. The molecule has 0 spiro atoms. The molecule has 56 valence electrons. The maximum Gasteiger partial charge on any atom is 0.0107 e. The van der Waals surface area contributed by atoms with Gasteiger partial charge in [-0.3, -0.25) is 0 Å². The molecule has 0 fully saturated rings. The van der Waals surface area contributed by atoms with E-state index in [1.54, 1.807) is 0 Å². The van der Waals surface area contributed by atoms with Crippen molar-refractivity contribution < 1.29 is 0 Å². The zero-order valence-corrected chi connectivity index (χ0v) is 7.73. The minimum atomic E-state index is 0.779. The molecule has 0 rings (SSSR count). The maximum absolute atomic E-state index is 5.33. The molecule has 0 aliphatic heterocycles. The van der Waals surface area contributed by atoms with E-state index >= 15 is 0 Å². The highest BCUT2D eigenvalue weighted by Gasteiger charge is 1.96. The molecule has 0 radical (unpaired) electrons. The Kier molecular flexibility index (Phi) is 7.27. The Bertz CT molecular complexity index is 59.0. The maximum atomic E-state index is 5.33. The number of thioether (sulfide) groups is 2. The van der Waals surface area contributed by atoms with E-state index < -0.39 is 0 Å². The van der Waals surface area contributed by atoms with Crippen LogP contribution in [0, 0.1) is 0 Å². The fourth-order valence-electron chi connectivity index (χ4n) is 0.401. The summed E-state index contributed by atoms with van der Waals surface area (Å²) < 4.78 is 0. The van der Waals surface area contributed by atoms with Gasteiger partial charge in [0.2, 0.25) is 0 Å². The zero-order valence-electron chi connectivity index (χ0n) is 6.09. The van der Waals surface area contributed by atoms with Crippen LogP contribution in [0.4, 0.5) is 0 Å². The lowest BCUT2D eigenvalue weighted by molar-refractivity contribution is 1.11. The summed E-state index contributed by atoms with van der Waals surface area (Å²) in [7, 11) is 0. The molecule has 0 aliphatic carbocycles. The Hall–Kier alpha value is 0.660. The number of hydrogen-bond acceptors (Lipinski definition) is 3. The second kappa shape index (κ2) is 6.78. The molecule has 0 amide bonds. The summed E-state index contributed by atoms with van der Waals surface area (Å²) in [6.45, 7) is 3.06. The van der Waals surface area contributed by atoms with E-state index in [2.05, 4.69) is 13.2 Å². The van der Waals surface area contributed by atoms with Crippen molar-refractivity contribution >= 4 is 23.5 Å². The largest absolute Gasteiger partial charge is 0.330 e. The molecular formula is C6H15NS2. The molecule has 1 atom stereocenters. The summed E-state index contributed by atoms with van der Waals surface area (Å²) in [6, 6.07) is 0. The molecule has 0 aromatic rings. The van der Waals surface area contributed by atoms with Gasteiger partial charge in [-0.1, -0.05) is 6.92 Å². The Balaban J connectivity index is 2.88. The van der Waals surface area contributed by atoms with Gasteiger partial charge in [-0.2, -0.15) is 23.5 Å². The van der Waals surface area contributed by atoms with E-state index in [1.165, 1.54) is 5.75 Å². The van der Waals surface area contributed by atoms with Gasteiger partial charge >= 0.3 is 0 Å². The van der Waals surface area contributed by atoms with Crippen LogP contribution < -0.4 is 5.73 Å². The van der Waals surface area contributed by atoms with E-state index in [4.69, 9.17) is 5.73 Å². The zero-order chi connectivity index (χ0) is 7.11. The first-order valence-electron chi connectivity index (χ1n) is 3.12. The van der Waals surface area contributed by atoms with Gasteiger partial charge in [0.1, 0.15) is 0 Å². The van der Waals surface area contributed by atoms with Crippen LogP contribution in [0.25, 0.3) is 0 Å². The third-order valence-corrected chi connectivity index (χ3v) is 3.46. The predicted octanol–water partition coefficient (Wildman–Crippen LogP) is 1.43.